The molecule has 7 heteroatoms. The number of rotatable bonds is 6. The molecule has 0 heterocycles. The van der Waals surface area contributed by atoms with Crippen molar-refractivity contribution in [3.8, 4) is 0 Å². The third-order valence-corrected chi connectivity index (χ3v) is 3.89. The van der Waals surface area contributed by atoms with E-state index in [-0.39, 0.29) is 0 Å². The molecule has 0 unspecified atom stereocenters. The zero-order valence-corrected chi connectivity index (χ0v) is 14.7. The van der Waals surface area contributed by atoms with Crippen molar-refractivity contribution >= 4 is 23.3 Å². The molecule has 0 saturated heterocycles. The highest BCUT2D eigenvalue weighted by atomic mass is 16.3. The zero-order chi connectivity index (χ0) is 19.2. The van der Waals surface area contributed by atoms with Gasteiger partial charge in [0.2, 0.25) is 0 Å². The molecule has 3 amide bonds. The highest BCUT2D eigenvalue weighted by molar-refractivity contribution is 6.02. The SMILES string of the molecule is Cc1ccc(C(=O)NC(C)(CO)CO)cc1NC(=O)Nc1ccccc1. The third-order valence-electron chi connectivity index (χ3n) is 3.89. The quantitative estimate of drug-likeness (QED) is 0.545. The van der Waals surface area contributed by atoms with Crippen molar-refractivity contribution in [3.63, 3.8) is 0 Å². The molecule has 0 aliphatic carbocycles. The van der Waals surface area contributed by atoms with Gasteiger partial charge in [-0.15, -0.1) is 0 Å². The summed E-state index contributed by atoms with van der Waals surface area (Å²) >= 11 is 0. The molecule has 0 fully saturated rings. The fraction of sp³-hybridized carbons (Fsp3) is 0.263. The van der Waals surface area contributed by atoms with Crippen LogP contribution in [0.25, 0.3) is 0 Å². The number of para-hydroxylation sites is 1. The van der Waals surface area contributed by atoms with Crippen molar-refractivity contribution in [2.75, 3.05) is 23.8 Å². The van der Waals surface area contributed by atoms with Crippen LogP contribution in [0.1, 0.15) is 22.8 Å². The number of benzene rings is 2. The summed E-state index contributed by atoms with van der Waals surface area (Å²) in [5.74, 6) is -0.456. The Labute approximate surface area is 152 Å². The van der Waals surface area contributed by atoms with Gasteiger partial charge in [-0.3, -0.25) is 4.79 Å². The molecular weight excluding hydrogens is 334 g/mol. The predicted molar refractivity (Wildman–Crippen MR) is 100 cm³/mol. The molecule has 0 bridgehead atoms. The molecule has 0 atom stereocenters. The Morgan fingerprint density at radius 2 is 1.65 bits per heavy atom. The van der Waals surface area contributed by atoms with Crippen molar-refractivity contribution in [2.45, 2.75) is 19.4 Å². The minimum absolute atomic E-state index is 0.304. The lowest BCUT2D eigenvalue weighted by Gasteiger charge is -2.26. The van der Waals surface area contributed by atoms with Crippen LogP contribution in [0.2, 0.25) is 0 Å². The molecule has 0 aliphatic rings. The second-order valence-electron chi connectivity index (χ2n) is 6.31. The number of anilines is 2. The van der Waals surface area contributed by atoms with E-state index in [1.54, 1.807) is 30.3 Å². The molecule has 2 rings (SSSR count). The van der Waals surface area contributed by atoms with Crippen molar-refractivity contribution in [1.29, 1.82) is 0 Å². The van der Waals surface area contributed by atoms with E-state index in [0.717, 1.165) is 5.56 Å². The van der Waals surface area contributed by atoms with Gasteiger partial charge >= 0.3 is 6.03 Å². The first kappa shape index (κ1) is 19.4. The van der Waals surface area contributed by atoms with Crippen LogP contribution in [0, 0.1) is 6.92 Å². The Bertz CT molecular complexity index is 774. The normalized spacial score (nSPS) is 10.9. The maximum atomic E-state index is 12.4. The van der Waals surface area contributed by atoms with Gasteiger partial charge in [0.25, 0.3) is 5.91 Å². The summed E-state index contributed by atoms with van der Waals surface area (Å²) < 4.78 is 0. The van der Waals surface area contributed by atoms with Crippen LogP contribution in [0.15, 0.2) is 48.5 Å². The van der Waals surface area contributed by atoms with Gasteiger partial charge in [-0.1, -0.05) is 24.3 Å². The number of urea groups is 1. The molecule has 7 nitrogen and oxygen atoms in total. The van der Waals surface area contributed by atoms with Crippen LogP contribution in [0.3, 0.4) is 0 Å². The maximum absolute atomic E-state index is 12.4. The van der Waals surface area contributed by atoms with Gasteiger partial charge < -0.3 is 26.2 Å². The fourth-order valence-electron chi connectivity index (χ4n) is 2.18. The zero-order valence-electron chi connectivity index (χ0n) is 14.7. The Morgan fingerprint density at radius 1 is 1.00 bits per heavy atom. The van der Waals surface area contributed by atoms with E-state index in [9.17, 15) is 19.8 Å². The lowest BCUT2D eigenvalue weighted by molar-refractivity contribution is 0.0724. The van der Waals surface area contributed by atoms with Gasteiger partial charge in [0.1, 0.15) is 0 Å². The highest BCUT2D eigenvalue weighted by Crippen LogP contribution is 2.18. The Morgan fingerprint density at radius 3 is 2.27 bits per heavy atom. The monoisotopic (exact) mass is 357 g/mol. The predicted octanol–water partition coefficient (Wildman–Crippen LogP) is 2.11. The van der Waals surface area contributed by atoms with Gasteiger partial charge in [-0.2, -0.15) is 0 Å². The highest BCUT2D eigenvalue weighted by Gasteiger charge is 2.25. The number of aliphatic hydroxyl groups excluding tert-OH is 2. The number of nitrogens with one attached hydrogen (secondary N) is 3. The minimum atomic E-state index is -1.12. The molecule has 0 saturated carbocycles. The maximum Gasteiger partial charge on any atom is 0.323 e. The van der Waals surface area contributed by atoms with E-state index >= 15 is 0 Å². The summed E-state index contributed by atoms with van der Waals surface area (Å²) in [6.45, 7) is 2.55. The molecule has 5 N–H and O–H groups in total. The first-order valence-electron chi connectivity index (χ1n) is 8.15. The summed E-state index contributed by atoms with van der Waals surface area (Å²) in [4.78, 5) is 24.5. The van der Waals surface area contributed by atoms with Crippen LogP contribution in [0.4, 0.5) is 16.2 Å². The summed E-state index contributed by atoms with van der Waals surface area (Å²) in [5, 5.41) is 26.6. The van der Waals surface area contributed by atoms with Crippen molar-refractivity contribution in [2.24, 2.45) is 0 Å². The number of carbonyl (C=O) groups is 2. The molecule has 0 radical (unpaired) electrons. The fourth-order valence-corrected chi connectivity index (χ4v) is 2.18. The smallest absolute Gasteiger partial charge is 0.323 e. The second-order valence-corrected chi connectivity index (χ2v) is 6.31. The van der Waals surface area contributed by atoms with Crippen molar-refractivity contribution in [3.05, 3.63) is 59.7 Å². The summed E-state index contributed by atoms with van der Waals surface area (Å²) in [6.07, 6.45) is 0. The van der Waals surface area contributed by atoms with E-state index < -0.39 is 30.7 Å². The van der Waals surface area contributed by atoms with Crippen molar-refractivity contribution < 1.29 is 19.8 Å². The van der Waals surface area contributed by atoms with Crippen molar-refractivity contribution in [1.82, 2.24) is 5.32 Å². The van der Waals surface area contributed by atoms with Crippen LogP contribution in [-0.4, -0.2) is 40.9 Å². The van der Waals surface area contributed by atoms with Crippen LogP contribution >= 0.6 is 0 Å². The van der Waals surface area contributed by atoms with Crippen LogP contribution < -0.4 is 16.0 Å². The lowest BCUT2D eigenvalue weighted by Crippen LogP contribution is -2.51. The summed E-state index contributed by atoms with van der Waals surface area (Å²) in [6, 6.07) is 13.4. The standard InChI is InChI=1S/C19H23N3O4/c1-13-8-9-14(17(25)22-19(2,11-23)12-24)10-16(13)21-18(26)20-15-6-4-3-5-7-15/h3-10,23-24H,11-12H2,1-2H3,(H,22,25)(H2,20,21,26). The Balaban J connectivity index is 2.11. The molecule has 2 aromatic rings. The number of hydrogen-bond acceptors (Lipinski definition) is 4. The number of hydrogen-bond donors (Lipinski definition) is 5. The first-order valence-corrected chi connectivity index (χ1v) is 8.15. The largest absolute Gasteiger partial charge is 0.394 e. The van der Waals surface area contributed by atoms with Crippen LogP contribution in [0.5, 0.6) is 0 Å². The van der Waals surface area contributed by atoms with E-state index in [1.807, 2.05) is 25.1 Å². The molecular formula is C19H23N3O4. The minimum Gasteiger partial charge on any atom is -0.394 e. The Kier molecular flexibility index (Phi) is 6.32. The Hall–Kier alpha value is -2.90. The first-order chi connectivity index (χ1) is 12.4. The van der Waals surface area contributed by atoms with Gasteiger partial charge in [0.05, 0.1) is 18.8 Å². The molecule has 2 aromatic carbocycles. The number of carbonyl (C=O) groups excluding carboxylic acids is 2. The summed E-state index contributed by atoms with van der Waals surface area (Å²) in [7, 11) is 0. The van der Waals surface area contributed by atoms with Gasteiger partial charge in [0, 0.05) is 16.9 Å². The van der Waals surface area contributed by atoms with Gasteiger partial charge in [-0.05, 0) is 43.7 Å². The molecule has 0 aromatic heterocycles. The summed E-state index contributed by atoms with van der Waals surface area (Å²) in [5.41, 5.74) is 1.11. The lowest BCUT2D eigenvalue weighted by atomic mass is 10.0. The van der Waals surface area contributed by atoms with Crippen LogP contribution in [-0.2, 0) is 0 Å². The molecule has 0 spiro atoms. The molecule has 0 aliphatic heterocycles. The average molecular weight is 357 g/mol. The van der Waals surface area contributed by atoms with E-state index in [2.05, 4.69) is 16.0 Å². The van der Waals surface area contributed by atoms with Gasteiger partial charge in [0.15, 0.2) is 0 Å². The van der Waals surface area contributed by atoms with Gasteiger partial charge in [-0.25, -0.2) is 4.79 Å². The van der Waals surface area contributed by atoms with E-state index in [0.29, 0.717) is 16.9 Å². The molecule has 26 heavy (non-hydrogen) atoms. The third kappa shape index (κ3) is 5.05. The number of aliphatic hydroxyl groups is 2. The number of aryl methyl sites for hydroxylation is 1. The second kappa shape index (κ2) is 8.46. The van der Waals surface area contributed by atoms with E-state index in [4.69, 9.17) is 0 Å². The topological polar surface area (TPSA) is 111 Å². The van der Waals surface area contributed by atoms with E-state index in [1.165, 1.54) is 6.92 Å². The number of amides is 3. The molecule has 138 valence electrons. The average Bonchev–Trinajstić information content (AvgIpc) is 2.64.